The molecule has 1 rings (SSSR count). The SMILES string of the molecule is CCC.CCN1CCC(NC)CC1. The van der Waals surface area contributed by atoms with E-state index >= 15 is 0 Å². The van der Waals surface area contributed by atoms with Crippen LogP contribution in [0.5, 0.6) is 0 Å². The highest BCUT2D eigenvalue weighted by Gasteiger charge is 2.15. The second-order valence-corrected chi connectivity index (χ2v) is 3.70. The van der Waals surface area contributed by atoms with Crippen LogP contribution >= 0.6 is 0 Å². The van der Waals surface area contributed by atoms with Crippen molar-refractivity contribution in [2.24, 2.45) is 0 Å². The predicted molar refractivity (Wildman–Crippen MR) is 60.2 cm³/mol. The van der Waals surface area contributed by atoms with Crippen molar-refractivity contribution in [1.82, 2.24) is 10.2 Å². The topological polar surface area (TPSA) is 15.3 Å². The molecule has 1 aliphatic heterocycles. The van der Waals surface area contributed by atoms with Gasteiger partial charge in [-0.15, -0.1) is 0 Å². The minimum Gasteiger partial charge on any atom is -0.317 e. The molecule has 2 heteroatoms. The lowest BCUT2D eigenvalue weighted by atomic mass is 10.1. The molecule has 1 aliphatic rings. The van der Waals surface area contributed by atoms with Gasteiger partial charge in [-0.1, -0.05) is 27.2 Å². The maximum Gasteiger partial charge on any atom is 0.00884 e. The summed E-state index contributed by atoms with van der Waals surface area (Å²) >= 11 is 0. The number of nitrogens with zero attached hydrogens (tertiary/aromatic N) is 1. The summed E-state index contributed by atoms with van der Waals surface area (Å²) in [6, 6.07) is 0.780. The summed E-state index contributed by atoms with van der Waals surface area (Å²) in [5.41, 5.74) is 0. The van der Waals surface area contributed by atoms with Crippen molar-refractivity contribution in [3.05, 3.63) is 0 Å². The van der Waals surface area contributed by atoms with Crippen LogP contribution in [0.3, 0.4) is 0 Å². The predicted octanol–water partition coefficient (Wildman–Crippen LogP) is 2.11. The molecule has 1 saturated heterocycles. The Bertz CT molecular complexity index is 84.3. The van der Waals surface area contributed by atoms with Gasteiger partial charge in [-0.3, -0.25) is 0 Å². The normalized spacial score (nSPS) is 19.4. The molecule has 0 saturated carbocycles. The Labute approximate surface area is 83.7 Å². The molecule has 80 valence electrons. The summed E-state index contributed by atoms with van der Waals surface area (Å²) in [7, 11) is 2.06. The zero-order valence-electron chi connectivity index (χ0n) is 9.77. The molecule has 0 atom stereocenters. The van der Waals surface area contributed by atoms with Crippen molar-refractivity contribution < 1.29 is 0 Å². The Hall–Kier alpha value is -0.0800. The first-order chi connectivity index (χ1) is 6.28. The lowest BCUT2D eigenvalue weighted by molar-refractivity contribution is 0.211. The summed E-state index contributed by atoms with van der Waals surface area (Å²) in [6.07, 6.45) is 3.90. The molecule has 0 unspecified atom stereocenters. The third-order valence-corrected chi connectivity index (χ3v) is 2.44. The molecule has 0 amide bonds. The molecular formula is C11H26N2. The van der Waals surface area contributed by atoms with Gasteiger partial charge >= 0.3 is 0 Å². The van der Waals surface area contributed by atoms with Crippen molar-refractivity contribution in [3.63, 3.8) is 0 Å². The second kappa shape index (κ2) is 8.52. The van der Waals surface area contributed by atoms with Crippen LogP contribution in [0, 0.1) is 0 Å². The average Bonchev–Trinajstić information content (AvgIpc) is 2.19. The summed E-state index contributed by atoms with van der Waals surface area (Å²) < 4.78 is 0. The van der Waals surface area contributed by atoms with E-state index in [-0.39, 0.29) is 0 Å². The molecule has 0 spiro atoms. The monoisotopic (exact) mass is 186 g/mol. The van der Waals surface area contributed by atoms with Crippen molar-refractivity contribution >= 4 is 0 Å². The van der Waals surface area contributed by atoms with Crippen molar-refractivity contribution in [1.29, 1.82) is 0 Å². The third-order valence-electron chi connectivity index (χ3n) is 2.44. The van der Waals surface area contributed by atoms with Gasteiger partial charge in [-0.05, 0) is 39.5 Å². The van der Waals surface area contributed by atoms with Gasteiger partial charge in [0, 0.05) is 6.04 Å². The zero-order valence-corrected chi connectivity index (χ0v) is 9.77. The van der Waals surface area contributed by atoms with Crippen LogP contribution in [-0.2, 0) is 0 Å². The van der Waals surface area contributed by atoms with Gasteiger partial charge in [-0.25, -0.2) is 0 Å². The van der Waals surface area contributed by atoms with E-state index in [4.69, 9.17) is 0 Å². The number of hydrogen-bond acceptors (Lipinski definition) is 2. The van der Waals surface area contributed by atoms with E-state index in [9.17, 15) is 0 Å². The fourth-order valence-corrected chi connectivity index (χ4v) is 1.54. The Balaban J connectivity index is 0.000000424. The molecule has 1 fully saturated rings. The molecule has 2 nitrogen and oxygen atoms in total. The van der Waals surface area contributed by atoms with E-state index in [0.29, 0.717) is 0 Å². The van der Waals surface area contributed by atoms with Gasteiger partial charge in [0.05, 0.1) is 0 Å². The molecule has 0 bridgehead atoms. The summed E-state index contributed by atoms with van der Waals surface area (Å²) in [5.74, 6) is 0. The Morgan fingerprint density at radius 3 is 1.92 bits per heavy atom. The molecule has 0 radical (unpaired) electrons. The second-order valence-electron chi connectivity index (χ2n) is 3.70. The first kappa shape index (κ1) is 12.9. The average molecular weight is 186 g/mol. The first-order valence-corrected chi connectivity index (χ1v) is 5.68. The van der Waals surface area contributed by atoms with E-state index < -0.39 is 0 Å². The highest BCUT2D eigenvalue weighted by molar-refractivity contribution is 4.74. The van der Waals surface area contributed by atoms with Gasteiger partial charge in [0.25, 0.3) is 0 Å². The lowest BCUT2D eigenvalue weighted by Gasteiger charge is -2.30. The minimum atomic E-state index is 0.780. The highest BCUT2D eigenvalue weighted by atomic mass is 15.1. The zero-order chi connectivity index (χ0) is 10.1. The first-order valence-electron chi connectivity index (χ1n) is 5.68. The van der Waals surface area contributed by atoms with Crippen molar-refractivity contribution in [2.45, 2.75) is 46.1 Å². The van der Waals surface area contributed by atoms with Crippen LogP contribution in [-0.4, -0.2) is 37.6 Å². The van der Waals surface area contributed by atoms with Crippen LogP contribution in [0.1, 0.15) is 40.0 Å². The number of hydrogen-bond donors (Lipinski definition) is 1. The fourth-order valence-electron chi connectivity index (χ4n) is 1.54. The van der Waals surface area contributed by atoms with E-state index in [1.165, 1.54) is 38.9 Å². The molecular weight excluding hydrogens is 160 g/mol. The molecule has 0 aromatic heterocycles. The van der Waals surface area contributed by atoms with E-state index in [2.05, 4.69) is 38.0 Å². The molecule has 1 N–H and O–H groups in total. The highest BCUT2D eigenvalue weighted by Crippen LogP contribution is 2.08. The van der Waals surface area contributed by atoms with Gasteiger partial charge in [-0.2, -0.15) is 0 Å². The third kappa shape index (κ3) is 6.05. The number of piperidine rings is 1. The Morgan fingerprint density at radius 2 is 1.62 bits per heavy atom. The largest absolute Gasteiger partial charge is 0.317 e. The summed E-state index contributed by atoms with van der Waals surface area (Å²) in [4.78, 5) is 2.51. The van der Waals surface area contributed by atoms with Crippen LogP contribution in [0.2, 0.25) is 0 Å². The van der Waals surface area contributed by atoms with Gasteiger partial charge in [0.15, 0.2) is 0 Å². The Kier molecular flexibility index (Phi) is 8.46. The van der Waals surface area contributed by atoms with E-state index in [0.717, 1.165) is 6.04 Å². The quantitative estimate of drug-likeness (QED) is 0.710. The maximum absolute atomic E-state index is 3.32. The molecule has 0 aromatic carbocycles. The van der Waals surface area contributed by atoms with Crippen LogP contribution in [0.25, 0.3) is 0 Å². The molecule has 13 heavy (non-hydrogen) atoms. The van der Waals surface area contributed by atoms with Crippen LogP contribution in [0.4, 0.5) is 0 Å². The fraction of sp³-hybridized carbons (Fsp3) is 1.00. The van der Waals surface area contributed by atoms with Crippen LogP contribution < -0.4 is 5.32 Å². The van der Waals surface area contributed by atoms with Crippen LogP contribution in [0.15, 0.2) is 0 Å². The van der Waals surface area contributed by atoms with Crippen molar-refractivity contribution in [3.8, 4) is 0 Å². The summed E-state index contributed by atoms with van der Waals surface area (Å²) in [6.45, 7) is 10.3. The van der Waals surface area contributed by atoms with Gasteiger partial charge < -0.3 is 10.2 Å². The van der Waals surface area contributed by atoms with E-state index in [1.807, 2.05) is 0 Å². The molecule has 0 aliphatic carbocycles. The summed E-state index contributed by atoms with van der Waals surface area (Å²) in [5, 5.41) is 3.32. The smallest absolute Gasteiger partial charge is 0.00884 e. The van der Waals surface area contributed by atoms with Crippen molar-refractivity contribution in [2.75, 3.05) is 26.7 Å². The van der Waals surface area contributed by atoms with Gasteiger partial charge in [0.1, 0.15) is 0 Å². The number of nitrogens with one attached hydrogen (secondary N) is 1. The standard InChI is InChI=1S/C8H18N2.C3H8/c1-3-10-6-4-8(9-2)5-7-10;1-3-2/h8-9H,3-7H2,1-2H3;3H2,1-2H3. The molecule has 0 aromatic rings. The van der Waals surface area contributed by atoms with E-state index in [1.54, 1.807) is 0 Å². The Morgan fingerprint density at radius 1 is 1.15 bits per heavy atom. The van der Waals surface area contributed by atoms with Gasteiger partial charge in [0.2, 0.25) is 0 Å². The number of rotatable bonds is 2. The molecule has 1 heterocycles. The maximum atomic E-state index is 3.32. The lowest BCUT2D eigenvalue weighted by Crippen LogP contribution is -2.40. The minimum absolute atomic E-state index is 0.780. The number of likely N-dealkylation sites (tertiary alicyclic amines) is 1.